The Bertz CT molecular complexity index is 696. The fraction of sp³-hybridized carbons (Fsp3) is 0.0833. The van der Waals surface area contributed by atoms with Crippen molar-refractivity contribution >= 4 is 44.6 Å². The van der Waals surface area contributed by atoms with Crippen LogP contribution in [0.2, 0.25) is 0 Å². The van der Waals surface area contributed by atoms with Gasteiger partial charge in [0.05, 0.1) is 0 Å². The molecule has 6 N–H and O–H groups in total. The highest BCUT2D eigenvalue weighted by Crippen LogP contribution is 2.20. The molecule has 2 rings (SSSR count). The topological polar surface area (TPSA) is 131 Å². The molecule has 0 bridgehead atoms. The Hall–Kier alpha value is -2.35. The third-order valence-corrected chi connectivity index (χ3v) is 3.17. The van der Waals surface area contributed by atoms with Crippen molar-refractivity contribution in [2.24, 2.45) is 11.5 Å². The molecule has 0 spiro atoms. The van der Waals surface area contributed by atoms with Crippen molar-refractivity contribution in [3.63, 3.8) is 0 Å². The van der Waals surface area contributed by atoms with Gasteiger partial charge in [-0.3, -0.25) is 14.4 Å². The van der Waals surface area contributed by atoms with Gasteiger partial charge < -0.3 is 21.8 Å². The van der Waals surface area contributed by atoms with Gasteiger partial charge in [0.2, 0.25) is 11.8 Å². The summed E-state index contributed by atoms with van der Waals surface area (Å²) in [6, 6.07) is 5.48. The Morgan fingerprint density at radius 2 is 1.80 bits per heavy atom. The molecular weight excluding hydrogens is 328 g/mol. The molecule has 7 nitrogen and oxygen atoms in total. The fourth-order valence-corrected chi connectivity index (χ4v) is 2.10. The van der Waals surface area contributed by atoms with Gasteiger partial charge in [0.25, 0.3) is 5.91 Å². The molecule has 20 heavy (non-hydrogen) atoms. The number of nitrogens with one attached hydrogen (secondary N) is 2. The van der Waals surface area contributed by atoms with Gasteiger partial charge in [0, 0.05) is 15.4 Å². The van der Waals surface area contributed by atoms with Crippen LogP contribution in [-0.4, -0.2) is 28.7 Å². The number of benzene rings is 1. The van der Waals surface area contributed by atoms with Crippen LogP contribution in [0.5, 0.6) is 0 Å². The molecule has 0 aliphatic carbocycles. The zero-order valence-corrected chi connectivity index (χ0v) is 11.7. The summed E-state index contributed by atoms with van der Waals surface area (Å²) < 4.78 is 0.864. The lowest BCUT2D eigenvalue weighted by Gasteiger charge is -2.10. The first-order chi connectivity index (χ1) is 9.38. The average Bonchev–Trinajstić information content (AvgIpc) is 2.77. The quantitative estimate of drug-likeness (QED) is 0.585. The second-order valence-electron chi connectivity index (χ2n) is 4.13. The van der Waals surface area contributed by atoms with Crippen LogP contribution in [0, 0.1) is 0 Å². The van der Waals surface area contributed by atoms with E-state index in [1.54, 1.807) is 12.1 Å². The molecule has 1 aromatic carbocycles. The summed E-state index contributed by atoms with van der Waals surface area (Å²) in [6.45, 7) is 0. The molecule has 8 heteroatoms. The van der Waals surface area contributed by atoms with E-state index in [0.717, 1.165) is 15.4 Å². The van der Waals surface area contributed by atoms with E-state index in [0.29, 0.717) is 0 Å². The monoisotopic (exact) mass is 338 g/mol. The number of aromatic amines is 1. The van der Waals surface area contributed by atoms with Crippen LogP contribution in [-0.2, 0) is 9.59 Å². The zero-order chi connectivity index (χ0) is 14.9. The first-order valence-corrected chi connectivity index (χ1v) is 6.35. The molecule has 0 aliphatic heterocycles. The summed E-state index contributed by atoms with van der Waals surface area (Å²) in [4.78, 5) is 36.8. The molecule has 0 radical (unpaired) electrons. The second-order valence-corrected chi connectivity index (χ2v) is 5.04. The third-order valence-electron chi connectivity index (χ3n) is 2.67. The lowest BCUT2D eigenvalue weighted by atomic mass is 10.2. The minimum atomic E-state index is -1.54. The van der Waals surface area contributed by atoms with Crippen molar-refractivity contribution < 1.29 is 14.4 Å². The lowest BCUT2D eigenvalue weighted by Crippen LogP contribution is -2.52. The van der Waals surface area contributed by atoms with Crippen molar-refractivity contribution in [1.82, 2.24) is 10.3 Å². The Morgan fingerprint density at radius 1 is 1.15 bits per heavy atom. The highest BCUT2D eigenvalue weighted by atomic mass is 79.9. The summed E-state index contributed by atoms with van der Waals surface area (Å²) >= 11 is 3.32. The molecule has 104 valence electrons. The maximum absolute atomic E-state index is 11.9. The van der Waals surface area contributed by atoms with Crippen LogP contribution in [0.3, 0.4) is 0 Å². The van der Waals surface area contributed by atoms with E-state index in [1.165, 1.54) is 0 Å². The van der Waals surface area contributed by atoms with E-state index in [-0.39, 0.29) is 5.69 Å². The van der Waals surface area contributed by atoms with E-state index in [4.69, 9.17) is 11.5 Å². The van der Waals surface area contributed by atoms with Crippen molar-refractivity contribution in [3.05, 3.63) is 34.4 Å². The number of fused-ring (bicyclic) bond motifs is 1. The smallest absolute Gasteiger partial charge is 0.268 e. The summed E-state index contributed by atoms with van der Waals surface area (Å²) in [5.74, 6) is -2.66. The molecule has 0 aliphatic rings. The Labute approximate surface area is 121 Å². The minimum absolute atomic E-state index is 0.200. The molecular formula is C12H11BrN4O3. The van der Waals surface area contributed by atoms with Crippen LogP contribution in [0.25, 0.3) is 10.9 Å². The van der Waals surface area contributed by atoms with Gasteiger partial charge in [-0.25, -0.2) is 0 Å². The Balaban J connectivity index is 2.27. The normalized spacial score (nSPS) is 10.7. The number of carbonyl (C=O) groups excluding carboxylic acids is 3. The number of hydrogen-bond acceptors (Lipinski definition) is 3. The molecule has 0 saturated carbocycles. The van der Waals surface area contributed by atoms with Gasteiger partial charge >= 0.3 is 0 Å². The zero-order valence-electron chi connectivity index (χ0n) is 10.1. The molecule has 0 fully saturated rings. The summed E-state index contributed by atoms with van der Waals surface area (Å²) in [5.41, 5.74) is 10.9. The number of H-pyrrole nitrogens is 1. The van der Waals surface area contributed by atoms with Gasteiger partial charge in [0.1, 0.15) is 5.69 Å². The van der Waals surface area contributed by atoms with Crippen molar-refractivity contribution in [2.45, 2.75) is 6.04 Å². The largest absolute Gasteiger partial charge is 0.367 e. The Kier molecular flexibility index (Phi) is 3.75. The number of primary amides is 2. The van der Waals surface area contributed by atoms with Gasteiger partial charge in [0.15, 0.2) is 6.04 Å². The van der Waals surface area contributed by atoms with Gasteiger partial charge in [-0.05, 0) is 24.3 Å². The second kappa shape index (κ2) is 5.33. The molecule has 3 amide bonds. The lowest BCUT2D eigenvalue weighted by molar-refractivity contribution is -0.128. The highest BCUT2D eigenvalue weighted by molar-refractivity contribution is 9.10. The maximum atomic E-state index is 11.9. The first-order valence-electron chi connectivity index (χ1n) is 5.56. The van der Waals surface area contributed by atoms with E-state index < -0.39 is 23.8 Å². The average molecular weight is 339 g/mol. The number of nitrogens with two attached hydrogens (primary N) is 2. The Morgan fingerprint density at radius 3 is 2.40 bits per heavy atom. The van der Waals surface area contributed by atoms with Crippen LogP contribution in [0.15, 0.2) is 28.7 Å². The van der Waals surface area contributed by atoms with Gasteiger partial charge in [-0.2, -0.15) is 0 Å². The number of hydrogen-bond donors (Lipinski definition) is 4. The molecule has 0 saturated heterocycles. The number of carbonyl (C=O) groups is 3. The molecule has 2 aromatic rings. The molecule has 1 heterocycles. The van der Waals surface area contributed by atoms with Crippen LogP contribution < -0.4 is 16.8 Å². The van der Waals surface area contributed by atoms with Crippen LogP contribution in [0.4, 0.5) is 0 Å². The van der Waals surface area contributed by atoms with Gasteiger partial charge in [-0.15, -0.1) is 0 Å². The maximum Gasteiger partial charge on any atom is 0.268 e. The van der Waals surface area contributed by atoms with Crippen LogP contribution in [0.1, 0.15) is 10.5 Å². The summed E-state index contributed by atoms with van der Waals surface area (Å²) in [5, 5.41) is 2.98. The molecule has 0 unspecified atom stereocenters. The third kappa shape index (κ3) is 2.80. The minimum Gasteiger partial charge on any atom is -0.367 e. The predicted octanol–water partition coefficient (Wildman–Crippen LogP) is -0.000600. The standard InChI is InChI=1S/C12H11BrN4O3/c13-6-1-2-7-5(3-6)4-8(16-7)12(20)17-9(10(14)18)11(15)19/h1-4,9,16H,(H2,14,18)(H2,15,19)(H,17,20). The summed E-state index contributed by atoms with van der Waals surface area (Å²) in [6.07, 6.45) is 0. The first kappa shape index (κ1) is 14.1. The number of amides is 3. The number of halogens is 1. The van der Waals surface area contributed by atoms with Crippen molar-refractivity contribution in [1.29, 1.82) is 0 Å². The van der Waals surface area contributed by atoms with E-state index in [9.17, 15) is 14.4 Å². The number of aromatic nitrogens is 1. The van der Waals surface area contributed by atoms with E-state index in [1.807, 2.05) is 12.1 Å². The van der Waals surface area contributed by atoms with E-state index >= 15 is 0 Å². The SMILES string of the molecule is NC(=O)C(NC(=O)c1cc2cc(Br)ccc2[nH]1)C(N)=O. The fourth-order valence-electron chi connectivity index (χ4n) is 1.72. The highest BCUT2D eigenvalue weighted by Gasteiger charge is 2.24. The predicted molar refractivity (Wildman–Crippen MR) is 75.6 cm³/mol. The molecule has 1 aromatic heterocycles. The molecule has 0 atom stereocenters. The van der Waals surface area contributed by atoms with Gasteiger partial charge in [-0.1, -0.05) is 15.9 Å². The van der Waals surface area contributed by atoms with Crippen molar-refractivity contribution in [2.75, 3.05) is 0 Å². The van der Waals surface area contributed by atoms with E-state index in [2.05, 4.69) is 26.2 Å². The van der Waals surface area contributed by atoms with Crippen molar-refractivity contribution in [3.8, 4) is 0 Å². The van der Waals surface area contributed by atoms with Crippen LogP contribution >= 0.6 is 15.9 Å². The number of rotatable bonds is 4. The summed E-state index contributed by atoms with van der Waals surface area (Å²) in [7, 11) is 0.